The zero-order valence-electron chi connectivity index (χ0n) is 9.66. The summed E-state index contributed by atoms with van der Waals surface area (Å²) in [5.41, 5.74) is 0. The minimum Gasteiger partial charge on any atom is -0.309 e. The first-order valence-corrected chi connectivity index (χ1v) is 5.55. The molecule has 0 aliphatic rings. The number of aromatic nitrogens is 2. The van der Waals surface area contributed by atoms with E-state index in [9.17, 15) is 4.79 Å². The molecule has 1 N–H and O–H groups in total. The van der Waals surface area contributed by atoms with Gasteiger partial charge in [0.15, 0.2) is 5.82 Å². The molecule has 0 aliphatic heterocycles. The average molecular weight is 209 g/mol. The molecular formula is C11H19N3O. The Bertz CT molecular complexity index is 315. The molecule has 15 heavy (non-hydrogen) atoms. The molecule has 1 aromatic heterocycles. The Morgan fingerprint density at radius 1 is 1.47 bits per heavy atom. The molecule has 0 bridgehead atoms. The van der Waals surface area contributed by atoms with Gasteiger partial charge in [0.2, 0.25) is 5.91 Å². The highest BCUT2D eigenvalue weighted by atomic mass is 16.1. The SMILES string of the molecule is CCC(CC)C(=O)Nc1ccn(CC)n1. The second-order valence-corrected chi connectivity index (χ2v) is 3.56. The first kappa shape index (κ1) is 11.8. The van der Waals surface area contributed by atoms with E-state index < -0.39 is 0 Å². The van der Waals surface area contributed by atoms with Gasteiger partial charge in [0, 0.05) is 24.7 Å². The van der Waals surface area contributed by atoms with Gasteiger partial charge in [-0.05, 0) is 19.8 Å². The molecule has 0 fully saturated rings. The molecule has 0 radical (unpaired) electrons. The first-order valence-electron chi connectivity index (χ1n) is 5.55. The van der Waals surface area contributed by atoms with Gasteiger partial charge in [0.05, 0.1) is 0 Å². The minimum absolute atomic E-state index is 0.0707. The average Bonchev–Trinajstić information content (AvgIpc) is 2.67. The summed E-state index contributed by atoms with van der Waals surface area (Å²) in [6.45, 7) is 6.89. The summed E-state index contributed by atoms with van der Waals surface area (Å²) in [5, 5.41) is 7.03. The van der Waals surface area contributed by atoms with Gasteiger partial charge < -0.3 is 5.32 Å². The Morgan fingerprint density at radius 3 is 2.60 bits per heavy atom. The van der Waals surface area contributed by atoms with Crippen molar-refractivity contribution in [3.8, 4) is 0 Å². The van der Waals surface area contributed by atoms with Gasteiger partial charge in [-0.1, -0.05) is 13.8 Å². The lowest BCUT2D eigenvalue weighted by molar-refractivity contribution is -0.120. The van der Waals surface area contributed by atoms with E-state index in [2.05, 4.69) is 10.4 Å². The van der Waals surface area contributed by atoms with E-state index in [-0.39, 0.29) is 11.8 Å². The molecule has 1 heterocycles. The summed E-state index contributed by atoms with van der Waals surface area (Å²) in [5.74, 6) is 0.812. The fourth-order valence-corrected chi connectivity index (χ4v) is 1.49. The molecule has 0 spiro atoms. The van der Waals surface area contributed by atoms with Crippen molar-refractivity contribution >= 4 is 11.7 Å². The molecule has 0 atom stereocenters. The monoisotopic (exact) mass is 209 g/mol. The van der Waals surface area contributed by atoms with Crippen LogP contribution < -0.4 is 5.32 Å². The van der Waals surface area contributed by atoms with Crippen molar-refractivity contribution in [2.45, 2.75) is 40.2 Å². The predicted octanol–water partition coefficient (Wildman–Crippen LogP) is 2.28. The van der Waals surface area contributed by atoms with Crippen LogP contribution in [-0.4, -0.2) is 15.7 Å². The van der Waals surface area contributed by atoms with E-state index in [1.165, 1.54) is 0 Å². The van der Waals surface area contributed by atoms with E-state index in [0.29, 0.717) is 5.82 Å². The van der Waals surface area contributed by atoms with Crippen LogP contribution in [0.3, 0.4) is 0 Å². The number of rotatable bonds is 5. The lowest BCUT2D eigenvalue weighted by Crippen LogP contribution is -2.22. The fourth-order valence-electron chi connectivity index (χ4n) is 1.49. The van der Waals surface area contributed by atoms with Gasteiger partial charge in [-0.25, -0.2) is 0 Å². The Labute approximate surface area is 90.7 Å². The summed E-state index contributed by atoms with van der Waals surface area (Å²) in [6.07, 6.45) is 3.61. The van der Waals surface area contributed by atoms with Crippen molar-refractivity contribution in [1.82, 2.24) is 9.78 Å². The van der Waals surface area contributed by atoms with E-state index in [1.54, 1.807) is 4.68 Å². The highest BCUT2D eigenvalue weighted by Crippen LogP contribution is 2.11. The maximum atomic E-state index is 11.7. The smallest absolute Gasteiger partial charge is 0.228 e. The third kappa shape index (κ3) is 3.08. The van der Waals surface area contributed by atoms with E-state index >= 15 is 0 Å². The Balaban J connectivity index is 2.57. The number of hydrogen-bond donors (Lipinski definition) is 1. The molecule has 1 amide bonds. The van der Waals surface area contributed by atoms with Crippen LogP contribution in [0.15, 0.2) is 12.3 Å². The van der Waals surface area contributed by atoms with Crippen LogP contribution in [0.2, 0.25) is 0 Å². The number of hydrogen-bond acceptors (Lipinski definition) is 2. The molecular weight excluding hydrogens is 190 g/mol. The predicted molar refractivity (Wildman–Crippen MR) is 60.6 cm³/mol. The molecule has 0 aromatic carbocycles. The number of anilines is 1. The molecule has 1 aromatic rings. The molecule has 0 aliphatic carbocycles. The second kappa shape index (κ2) is 5.53. The lowest BCUT2D eigenvalue weighted by Gasteiger charge is -2.10. The Hall–Kier alpha value is -1.32. The van der Waals surface area contributed by atoms with Gasteiger partial charge in [-0.3, -0.25) is 9.48 Å². The molecule has 0 saturated heterocycles. The zero-order valence-corrected chi connectivity index (χ0v) is 9.66. The molecule has 4 heteroatoms. The van der Waals surface area contributed by atoms with Crippen LogP contribution >= 0.6 is 0 Å². The summed E-state index contributed by atoms with van der Waals surface area (Å²) in [4.78, 5) is 11.7. The van der Waals surface area contributed by atoms with E-state index in [4.69, 9.17) is 0 Å². The van der Waals surface area contributed by atoms with Crippen molar-refractivity contribution in [3.05, 3.63) is 12.3 Å². The van der Waals surface area contributed by atoms with Crippen molar-refractivity contribution in [1.29, 1.82) is 0 Å². The zero-order chi connectivity index (χ0) is 11.3. The van der Waals surface area contributed by atoms with Gasteiger partial charge in [-0.2, -0.15) is 5.10 Å². The summed E-state index contributed by atoms with van der Waals surface area (Å²) < 4.78 is 1.79. The first-order chi connectivity index (χ1) is 7.21. The maximum Gasteiger partial charge on any atom is 0.228 e. The number of amides is 1. The normalized spacial score (nSPS) is 10.7. The third-order valence-corrected chi connectivity index (χ3v) is 2.57. The maximum absolute atomic E-state index is 11.7. The number of aryl methyl sites for hydroxylation is 1. The van der Waals surface area contributed by atoms with E-state index in [0.717, 1.165) is 19.4 Å². The molecule has 4 nitrogen and oxygen atoms in total. The van der Waals surface area contributed by atoms with Crippen molar-refractivity contribution in [2.24, 2.45) is 5.92 Å². The van der Waals surface area contributed by atoms with Gasteiger partial charge >= 0.3 is 0 Å². The van der Waals surface area contributed by atoms with Gasteiger partial charge in [-0.15, -0.1) is 0 Å². The highest BCUT2D eigenvalue weighted by molar-refractivity contribution is 5.91. The van der Waals surface area contributed by atoms with Crippen LogP contribution in [0.5, 0.6) is 0 Å². The van der Waals surface area contributed by atoms with Crippen LogP contribution in [0.4, 0.5) is 5.82 Å². The molecule has 1 rings (SSSR count). The quantitative estimate of drug-likeness (QED) is 0.808. The summed E-state index contributed by atoms with van der Waals surface area (Å²) >= 11 is 0. The second-order valence-electron chi connectivity index (χ2n) is 3.56. The third-order valence-electron chi connectivity index (χ3n) is 2.57. The standard InChI is InChI=1S/C11H19N3O/c1-4-9(5-2)11(15)12-10-7-8-14(6-3)13-10/h7-9H,4-6H2,1-3H3,(H,12,13,15). The number of nitrogens with one attached hydrogen (secondary N) is 1. The summed E-state index contributed by atoms with van der Waals surface area (Å²) in [7, 11) is 0. The lowest BCUT2D eigenvalue weighted by atomic mass is 10.0. The van der Waals surface area contributed by atoms with Gasteiger partial charge in [0.1, 0.15) is 0 Å². The van der Waals surface area contributed by atoms with Crippen molar-refractivity contribution in [2.75, 3.05) is 5.32 Å². The van der Waals surface area contributed by atoms with Crippen LogP contribution in [0, 0.1) is 5.92 Å². The highest BCUT2D eigenvalue weighted by Gasteiger charge is 2.14. The van der Waals surface area contributed by atoms with Crippen LogP contribution in [0.25, 0.3) is 0 Å². The van der Waals surface area contributed by atoms with Crippen LogP contribution in [-0.2, 0) is 11.3 Å². The number of carbonyl (C=O) groups is 1. The molecule has 84 valence electrons. The number of nitrogens with zero attached hydrogens (tertiary/aromatic N) is 2. The summed E-state index contributed by atoms with van der Waals surface area (Å²) in [6, 6.07) is 1.82. The molecule has 0 saturated carbocycles. The van der Waals surface area contributed by atoms with E-state index in [1.807, 2.05) is 33.0 Å². The number of carbonyl (C=O) groups excluding carboxylic acids is 1. The molecule has 0 unspecified atom stereocenters. The van der Waals surface area contributed by atoms with Crippen molar-refractivity contribution < 1.29 is 4.79 Å². The largest absolute Gasteiger partial charge is 0.309 e. The minimum atomic E-state index is 0.0707. The fraction of sp³-hybridized carbons (Fsp3) is 0.636. The van der Waals surface area contributed by atoms with Crippen LogP contribution in [0.1, 0.15) is 33.6 Å². The topological polar surface area (TPSA) is 46.9 Å². The Kier molecular flexibility index (Phi) is 4.34. The Morgan fingerprint density at radius 2 is 2.13 bits per heavy atom. The van der Waals surface area contributed by atoms with Crippen molar-refractivity contribution in [3.63, 3.8) is 0 Å². The van der Waals surface area contributed by atoms with Gasteiger partial charge in [0.25, 0.3) is 0 Å².